The standard InChI is InChI=1S/C14H19ClN2O/c1-18-14-6-3-2-5-13(14)17-11-9-16(10-12-17)8-4-7-15/h2-7H,8-12H2,1H3/b7-4+. The fourth-order valence-corrected chi connectivity index (χ4v) is 2.33. The van der Waals surface area contributed by atoms with Gasteiger partial charge in [-0.05, 0) is 12.1 Å². The van der Waals surface area contributed by atoms with Crippen LogP contribution in [0.25, 0.3) is 0 Å². The van der Waals surface area contributed by atoms with Crippen molar-refractivity contribution in [2.75, 3.05) is 44.7 Å². The zero-order valence-electron chi connectivity index (χ0n) is 10.7. The van der Waals surface area contributed by atoms with Crippen LogP contribution in [0, 0.1) is 0 Å². The zero-order valence-corrected chi connectivity index (χ0v) is 11.4. The maximum Gasteiger partial charge on any atom is 0.142 e. The Kier molecular flexibility index (Phi) is 4.90. The summed E-state index contributed by atoms with van der Waals surface area (Å²) >= 11 is 5.55. The second kappa shape index (κ2) is 6.66. The van der Waals surface area contributed by atoms with Crippen molar-refractivity contribution in [3.8, 4) is 5.75 Å². The van der Waals surface area contributed by atoms with Gasteiger partial charge in [0, 0.05) is 38.3 Å². The Morgan fingerprint density at radius 3 is 2.61 bits per heavy atom. The minimum atomic E-state index is 0.934. The minimum absolute atomic E-state index is 0.934. The van der Waals surface area contributed by atoms with Crippen LogP contribution in [0.15, 0.2) is 35.9 Å². The van der Waals surface area contributed by atoms with E-state index in [-0.39, 0.29) is 0 Å². The second-order valence-corrected chi connectivity index (χ2v) is 4.57. The van der Waals surface area contributed by atoms with Crippen molar-refractivity contribution in [1.82, 2.24) is 4.90 Å². The molecule has 0 aliphatic carbocycles. The lowest BCUT2D eigenvalue weighted by Gasteiger charge is -2.36. The Balaban J connectivity index is 1.96. The first-order valence-electron chi connectivity index (χ1n) is 6.20. The van der Waals surface area contributed by atoms with Crippen molar-refractivity contribution < 1.29 is 4.74 Å². The highest BCUT2D eigenvalue weighted by molar-refractivity contribution is 6.25. The maximum absolute atomic E-state index is 5.55. The molecule has 3 nitrogen and oxygen atoms in total. The fourth-order valence-electron chi connectivity index (χ4n) is 2.25. The highest BCUT2D eigenvalue weighted by Crippen LogP contribution is 2.28. The lowest BCUT2D eigenvalue weighted by molar-refractivity contribution is 0.283. The summed E-state index contributed by atoms with van der Waals surface area (Å²) in [6.07, 6.45) is 1.99. The number of benzene rings is 1. The summed E-state index contributed by atoms with van der Waals surface area (Å²) in [6.45, 7) is 5.09. The molecule has 98 valence electrons. The summed E-state index contributed by atoms with van der Waals surface area (Å²) in [5, 5.41) is 0. The van der Waals surface area contributed by atoms with E-state index in [2.05, 4.69) is 21.9 Å². The third-order valence-corrected chi connectivity index (χ3v) is 3.43. The van der Waals surface area contributed by atoms with Crippen molar-refractivity contribution in [2.24, 2.45) is 0 Å². The zero-order chi connectivity index (χ0) is 12.8. The SMILES string of the molecule is COc1ccccc1N1CCN(C/C=C/Cl)CC1. The summed E-state index contributed by atoms with van der Waals surface area (Å²) in [5.74, 6) is 0.951. The van der Waals surface area contributed by atoms with Gasteiger partial charge < -0.3 is 9.64 Å². The van der Waals surface area contributed by atoms with E-state index in [1.165, 1.54) is 5.69 Å². The number of methoxy groups -OCH3 is 1. The lowest BCUT2D eigenvalue weighted by Crippen LogP contribution is -2.46. The second-order valence-electron chi connectivity index (χ2n) is 4.32. The average molecular weight is 267 g/mol. The van der Waals surface area contributed by atoms with E-state index >= 15 is 0 Å². The van der Waals surface area contributed by atoms with Crippen molar-refractivity contribution in [3.05, 3.63) is 35.9 Å². The van der Waals surface area contributed by atoms with E-state index in [9.17, 15) is 0 Å². The van der Waals surface area contributed by atoms with Crippen LogP contribution in [-0.4, -0.2) is 44.7 Å². The Labute approximate surface area is 114 Å². The van der Waals surface area contributed by atoms with E-state index in [1.807, 2.05) is 18.2 Å². The molecule has 1 aromatic rings. The van der Waals surface area contributed by atoms with Crippen molar-refractivity contribution in [1.29, 1.82) is 0 Å². The van der Waals surface area contributed by atoms with E-state index < -0.39 is 0 Å². The molecule has 0 bridgehead atoms. The van der Waals surface area contributed by atoms with Gasteiger partial charge in [0.05, 0.1) is 12.8 Å². The summed E-state index contributed by atoms with van der Waals surface area (Å²) in [6, 6.07) is 8.19. The van der Waals surface area contributed by atoms with E-state index in [1.54, 1.807) is 12.6 Å². The molecular weight excluding hydrogens is 248 g/mol. The summed E-state index contributed by atoms with van der Waals surface area (Å²) in [5.41, 5.74) is 2.78. The van der Waals surface area contributed by atoms with Crippen LogP contribution in [0.1, 0.15) is 0 Å². The Hall–Kier alpha value is -1.19. The maximum atomic E-state index is 5.55. The largest absolute Gasteiger partial charge is 0.495 e. The molecule has 18 heavy (non-hydrogen) atoms. The third kappa shape index (κ3) is 3.18. The van der Waals surface area contributed by atoms with Gasteiger partial charge in [-0.15, -0.1) is 0 Å². The quantitative estimate of drug-likeness (QED) is 0.833. The normalized spacial score (nSPS) is 17.3. The molecule has 4 heteroatoms. The number of hydrogen-bond donors (Lipinski definition) is 0. The first-order chi connectivity index (χ1) is 8.85. The van der Waals surface area contributed by atoms with Crippen LogP contribution in [0.4, 0.5) is 5.69 Å². The van der Waals surface area contributed by atoms with Crippen LogP contribution in [0.3, 0.4) is 0 Å². The van der Waals surface area contributed by atoms with Crippen LogP contribution in [-0.2, 0) is 0 Å². The van der Waals surface area contributed by atoms with Gasteiger partial charge in [-0.2, -0.15) is 0 Å². The van der Waals surface area contributed by atoms with Gasteiger partial charge in [0.25, 0.3) is 0 Å². The van der Waals surface area contributed by atoms with Gasteiger partial charge in [-0.1, -0.05) is 29.8 Å². The monoisotopic (exact) mass is 266 g/mol. The number of hydrogen-bond acceptors (Lipinski definition) is 3. The Bertz CT molecular complexity index is 401. The molecule has 0 spiro atoms. The smallest absolute Gasteiger partial charge is 0.142 e. The molecule has 0 atom stereocenters. The van der Waals surface area contributed by atoms with Crippen molar-refractivity contribution in [3.63, 3.8) is 0 Å². The minimum Gasteiger partial charge on any atom is -0.495 e. The van der Waals surface area contributed by atoms with Gasteiger partial charge in [0.1, 0.15) is 5.75 Å². The fraction of sp³-hybridized carbons (Fsp3) is 0.429. The van der Waals surface area contributed by atoms with Crippen LogP contribution in [0.5, 0.6) is 5.75 Å². The topological polar surface area (TPSA) is 15.7 Å². The number of halogens is 1. The van der Waals surface area contributed by atoms with Crippen molar-refractivity contribution in [2.45, 2.75) is 0 Å². The highest BCUT2D eigenvalue weighted by Gasteiger charge is 2.18. The van der Waals surface area contributed by atoms with Crippen LogP contribution >= 0.6 is 11.6 Å². The molecule has 1 aliphatic heterocycles. The van der Waals surface area contributed by atoms with Gasteiger partial charge in [-0.25, -0.2) is 0 Å². The molecule has 0 radical (unpaired) electrons. The number of piperazine rings is 1. The van der Waals surface area contributed by atoms with E-state index in [0.29, 0.717) is 0 Å². The van der Waals surface area contributed by atoms with E-state index in [0.717, 1.165) is 38.5 Å². The summed E-state index contributed by atoms with van der Waals surface area (Å²) < 4.78 is 5.41. The molecule has 2 rings (SSSR count). The van der Waals surface area contributed by atoms with Crippen LogP contribution in [0.2, 0.25) is 0 Å². The third-order valence-electron chi connectivity index (χ3n) is 3.25. The molecule has 1 fully saturated rings. The predicted molar refractivity (Wildman–Crippen MR) is 76.6 cm³/mol. The molecule has 0 N–H and O–H groups in total. The summed E-state index contributed by atoms with van der Waals surface area (Å²) in [7, 11) is 1.72. The van der Waals surface area contributed by atoms with Crippen LogP contribution < -0.4 is 9.64 Å². The molecule has 0 aromatic heterocycles. The van der Waals surface area contributed by atoms with Crippen molar-refractivity contribution >= 4 is 17.3 Å². The predicted octanol–water partition coefficient (Wildman–Crippen LogP) is 2.57. The number of nitrogens with zero attached hydrogens (tertiary/aromatic N) is 2. The average Bonchev–Trinajstić information content (AvgIpc) is 2.45. The Morgan fingerprint density at radius 1 is 1.22 bits per heavy atom. The number of para-hydroxylation sites is 2. The van der Waals surface area contributed by atoms with Gasteiger partial charge in [-0.3, -0.25) is 4.90 Å². The molecule has 0 amide bonds. The van der Waals surface area contributed by atoms with Gasteiger partial charge in [0.15, 0.2) is 0 Å². The number of rotatable bonds is 4. The molecule has 0 saturated carbocycles. The molecular formula is C14H19ClN2O. The molecule has 1 heterocycles. The first-order valence-corrected chi connectivity index (χ1v) is 6.64. The summed E-state index contributed by atoms with van der Waals surface area (Å²) in [4.78, 5) is 4.77. The number of ether oxygens (including phenoxy) is 1. The lowest BCUT2D eigenvalue weighted by atomic mass is 10.2. The Morgan fingerprint density at radius 2 is 1.94 bits per heavy atom. The molecule has 1 aromatic carbocycles. The van der Waals surface area contributed by atoms with E-state index in [4.69, 9.17) is 16.3 Å². The number of anilines is 1. The van der Waals surface area contributed by atoms with Gasteiger partial charge >= 0.3 is 0 Å². The highest BCUT2D eigenvalue weighted by atomic mass is 35.5. The molecule has 1 aliphatic rings. The first kappa shape index (κ1) is 13.2. The molecule has 1 saturated heterocycles. The molecule has 0 unspecified atom stereocenters. The van der Waals surface area contributed by atoms with Gasteiger partial charge in [0.2, 0.25) is 0 Å².